The molecule has 6 heteroatoms. The number of phenolic OH excluding ortho intramolecular Hbond substituents is 1. The molecule has 2 aromatic rings. The van der Waals surface area contributed by atoms with E-state index >= 15 is 0 Å². The van der Waals surface area contributed by atoms with Crippen LogP contribution in [0, 0.1) is 0 Å². The molecule has 22 heavy (non-hydrogen) atoms. The predicted octanol–water partition coefficient (Wildman–Crippen LogP) is 2.48. The van der Waals surface area contributed by atoms with Crippen molar-refractivity contribution in [1.29, 1.82) is 0 Å². The third-order valence-electron chi connectivity index (χ3n) is 3.14. The lowest BCUT2D eigenvalue weighted by Gasteiger charge is -2.13. The fourth-order valence-corrected chi connectivity index (χ4v) is 2.13. The zero-order valence-electron chi connectivity index (χ0n) is 12.5. The molecule has 0 unspecified atom stereocenters. The van der Waals surface area contributed by atoms with Crippen LogP contribution in [0.5, 0.6) is 5.75 Å². The third kappa shape index (κ3) is 4.36. The van der Waals surface area contributed by atoms with E-state index in [4.69, 9.17) is 11.6 Å². The topological polar surface area (TPSA) is 65.5 Å². The molecule has 2 rings (SSSR count). The lowest BCUT2D eigenvalue weighted by Crippen LogP contribution is -2.26. The Kier molecular flexibility index (Phi) is 5.22. The number of amides is 1. The molecule has 1 aromatic carbocycles. The average Bonchev–Trinajstić information content (AvgIpc) is 2.48. The quantitative estimate of drug-likeness (QED) is 0.831. The summed E-state index contributed by atoms with van der Waals surface area (Å²) in [6.45, 7) is 0.501. The minimum atomic E-state index is -0.189. The largest absolute Gasteiger partial charge is 0.508 e. The Hall–Kier alpha value is -2.27. The second kappa shape index (κ2) is 7.13. The SMILES string of the molecule is CN(C)c1cc(C(=O)NCCc2ccc(O)cc2)cc(Cl)n1. The number of hydrogen-bond acceptors (Lipinski definition) is 4. The molecular formula is C16H18ClN3O2. The molecule has 0 saturated carbocycles. The summed E-state index contributed by atoms with van der Waals surface area (Å²) in [7, 11) is 3.68. The zero-order chi connectivity index (χ0) is 16.1. The lowest BCUT2D eigenvalue weighted by atomic mass is 10.1. The number of aromatic hydroxyl groups is 1. The van der Waals surface area contributed by atoms with Crippen LogP contribution >= 0.6 is 11.6 Å². The van der Waals surface area contributed by atoms with Gasteiger partial charge in [0.25, 0.3) is 5.91 Å². The Labute approximate surface area is 134 Å². The number of rotatable bonds is 5. The van der Waals surface area contributed by atoms with Crippen molar-refractivity contribution in [2.75, 3.05) is 25.5 Å². The Balaban J connectivity index is 1.96. The molecule has 0 atom stereocenters. The first-order valence-electron chi connectivity index (χ1n) is 6.87. The Bertz CT molecular complexity index is 657. The number of nitrogens with zero attached hydrogens (tertiary/aromatic N) is 2. The number of pyridine rings is 1. The number of nitrogens with one attached hydrogen (secondary N) is 1. The normalized spacial score (nSPS) is 10.3. The fraction of sp³-hybridized carbons (Fsp3) is 0.250. The second-order valence-electron chi connectivity index (χ2n) is 5.10. The van der Waals surface area contributed by atoms with Crippen molar-refractivity contribution < 1.29 is 9.90 Å². The minimum Gasteiger partial charge on any atom is -0.508 e. The van der Waals surface area contributed by atoms with Gasteiger partial charge in [0, 0.05) is 26.2 Å². The summed E-state index contributed by atoms with van der Waals surface area (Å²) >= 11 is 5.94. The van der Waals surface area contributed by atoms with Gasteiger partial charge >= 0.3 is 0 Å². The van der Waals surface area contributed by atoms with Crippen LogP contribution in [-0.2, 0) is 6.42 Å². The van der Waals surface area contributed by atoms with Crippen molar-refractivity contribution in [1.82, 2.24) is 10.3 Å². The molecule has 0 fully saturated rings. The highest BCUT2D eigenvalue weighted by molar-refractivity contribution is 6.29. The van der Waals surface area contributed by atoms with Gasteiger partial charge in [-0.2, -0.15) is 0 Å². The van der Waals surface area contributed by atoms with Gasteiger partial charge in [-0.3, -0.25) is 4.79 Å². The Morgan fingerprint density at radius 1 is 1.27 bits per heavy atom. The van der Waals surface area contributed by atoms with Crippen molar-refractivity contribution in [3.63, 3.8) is 0 Å². The van der Waals surface area contributed by atoms with Crippen LogP contribution in [0.3, 0.4) is 0 Å². The molecule has 1 amide bonds. The van der Waals surface area contributed by atoms with Gasteiger partial charge in [0.15, 0.2) is 0 Å². The van der Waals surface area contributed by atoms with Gasteiger partial charge in [-0.15, -0.1) is 0 Å². The van der Waals surface area contributed by atoms with Crippen LogP contribution in [0.4, 0.5) is 5.82 Å². The maximum atomic E-state index is 12.2. The molecule has 0 aliphatic heterocycles. The van der Waals surface area contributed by atoms with Gasteiger partial charge in [-0.05, 0) is 36.2 Å². The van der Waals surface area contributed by atoms with E-state index in [1.165, 1.54) is 0 Å². The van der Waals surface area contributed by atoms with Crippen molar-refractivity contribution >= 4 is 23.3 Å². The molecule has 1 heterocycles. The molecule has 2 N–H and O–H groups in total. The first-order valence-corrected chi connectivity index (χ1v) is 7.24. The highest BCUT2D eigenvalue weighted by Crippen LogP contribution is 2.16. The lowest BCUT2D eigenvalue weighted by molar-refractivity contribution is 0.0954. The Morgan fingerprint density at radius 3 is 2.59 bits per heavy atom. The predicted molar refractivity (Wildman–Crippen MR) is 87.7 cm³/mol. The highest BCUT2D eigenvalue weighted by Gasteiger charge is 2.10. The van der Waals surface area contributed by atoms with E-state index in [1.807, 2.05) is 26.2 Å². The van der Waals surface area contributed by atoms with Gasteiger partial charge in [0.05, 0.1) is 0 Å². The molecule has 0 saturated heterocycles. The number of aromatic nitrogens is 1. The van der Waals surface area contributed by atoms with Crippen LogP contribution in [0.1, 0.15) is 15.9 Å². The van der Waals surface area contributed by atoms with E-state index in [1.54, 1.807) is 29.2 Å². The maximum Gasteiger partial charge on any atom is 0.251 e. The summed E-state index contributed by atoms with van der Waals surface area (Å²) < 4.78 is 0. The standard InChI is InChI=1S/C16H18ClN3O2/c1-20(2)15-10-12(9-14(17)19-15)16(22)18-8-7-11-3-5-13(21)6-4-11/h3-6,9-10,21H,7-8H2,1-2H3,(H,18,22). The van der Waals surface area contributed by atoms with Crippen LogP contribution < -0.4 is 10.2 Å². The van der Waals surface area contributed by atoms with Crippen molar-refractivity contribution in [2.45, 2.75) is 6.42 Å². The summed E-state index contributed by atoms with van der Waals surface area (Å²) in [5, 5.41) is 12.4. The number of halogens is 1. The maximum absolute atomic E-state index is 12.2. The van der Waals surface area contributed by atoms with Gasteiger partial charge < -0.3 is 15.3 Å². The van der Waals surface area contributed by atoms with Crippen molar-refractivity contribution in [3.05, 3.63) is 52.7 Å². The van der Waals surface area contributed by atoms with E-state index in [0.717, 1.165) is 5.56 Å². The molecule has 0 spiro atoms. The first kappa shape index (κ1) is 16.1. The smallest absolute Gasteiger partial charge is 0.251 e. The third-order valence-corrected chi connectivity index (χ3v) is 3.33. The highest BCUT2D eigenvalue weighted by atomic mass is 35.5. The number of anilines is 1. The Morgan fingerprint density at radius 2 is 1.95 bits per heavy atom. The monoisotopic (exact) mass is 319 g/mol. The summed E-state index contributed by atoms with van der Waals surface area (Å²) in [5.74, 6) is 0.679. The van der Waals surface area contributed by atoms with Gasteiger partial charge in [0.1, 0.15) is 16.7 Å². The summed E-state index contributed by atoms with van der Waals surface area (Å²) in [6, 6.07) is 10.2. The van der Waals surface area contributed by atoms with E-state index in [0.29, 0.717) is 24.3 Å². The van der Waals surface area contributed by atoms with Crippen molar-refractivity contribution in [2.24, 2.45) is 0 Å². The van der Waals surface area contributed by atoms with E-state index < -0.39 is 0 Å². The molecule has 116 valence electrons. The number of carbonyl (C=O) groups excluding carboxylic acids is 1. The molecule has 0 aliphatic rings. The van der Waals surface area contributed by atoms with Gasteiger partial charge in [-0.25, -0.2) is 4.98 Å². The average molecular weight is 320 g/mol. The first-order chi connectivity index (χ1) is 10.5. The summed E-state index contributed by atoms with van der Waals surface area (Å²) in [4.78, 5) is 18.1. The fourth-order valence-electron chi connectivity index (χ4n) is 1.93. The summed E-state index contributed by atoms with van der Waals surface area (Å²) in [5.41, 5.74) is 1.52. The molecule has 0 radical (unpaired) electrons. The molecular weight excluding hydrogens is 302 g/mol. The van der Waals surface area contributed by atoms with E-state index in [9.17, 15) is 9.90 Å². The van der Waals surface area contributed by atoms with Crippen LogP contribution in [0.15, 0.2) is 36.4 Å². The summed E-state index contributed by atoms with van der Waals surface area (Å²) in [6.07, 6.45) is 0.686. The van der Waals surface area contributed by atoms with Gasteiger partial charge in [-0.1, -0.05) is 23.7 Å². The zero-order valence-corrected chi connectivity index (χ0v) is 13.3. The van der Waals surface area contributed by atoms with Crippen molar-refractivity contribution in [3.8, 4) is 5.75 Å². The number of phenols is 1. The van der Waals surface area contributed by atoms with Crippen LogP contribution in [-0.4, -0.2) is 36.6 Å². The molecule has 0 bridgehead atoms. The van der Waals surface area contributed by atoms with Gasteiger partial charge in [0.2, 0.25) is 0 Å². The van der Waals surface area contributed by atoms with Crippen LogP contribution in [0.2, 0.25) is 5.15 Å². The minimum absolute atomic E-state index is 0.189. The molecule has 0 aliphatic carbocycles. The number of hydrogen-bond donors (Lipinski definition) is 2. The second-order valence-corrected chi connectivity index (χ2v) is 5.49. The number of carbonyl (C=O) groups is 1. The number of benzene rings is 1. The molecule has 1 aromatic heterocycles. The van der Waals surface area contributed by atoms with E-state index in [2.05, 4.69) is 10.3 Å². The van der Waals surface area contributed by atoms with E-state index in [-0.39, 0.29) is 16.8 Å². The molecule has 5 nitrogen and oxygen atoms in total. The van der Waals surface area contributed by atoms with Crippen LogP contribution in [0.25, 0.3) is 0 Å².